The summed E-state index contributed by atoms with van der Waals surface area (Å²) in [7, 11) is 0. The van der Waals surface area contributed by atoms with Gasteiger partial charge in [-0.05, 0) is 18.6 Å². The summed E-state index contributed by atoms with van der Waals surface area (Å²) in [4.78, 5) is 14.9. The number of Topliss-reactive ketones (excluding diaryl/α,β-unsaturated/α-hetero) is 1. The van der Waals surface area contributed by atoms with Gasteiger partial charge in [-0.2, -0.15) is 0 Å². The second kappa shape index (κ2) is 3.19. The molecule has 0 aliphatic carbocycles. The maximum Gasteiger partial charge on any atom is 0.178 e. The highest BCUT2D eigenvalue weighted by Crippen LogP contribution is 2.06. The lowest BCUT2D eigenvalue weighted by molar-refractivity contribution is 0.101. The molecule has 12 heavy (non-hydrogen) atoms. The quantitative estimate of drug-likeness (QED) is 0.460. The van der Waals surface area contributed by atoms with Gasteiger partial charge < -0.3 is 0 Å². The van der Waals surface area contributed by atoms with Crippen LogP contribution in [-0.4, -0.2) is 10.8 Å². The summed E-state index contributed by atoms with van der Waals surface area (Å²) in [5.74, 6) is 2.43. The second-order valence-corrected chi connectivity index (χ2v) is 2.59. The minimum absolute atomic E-state index is 0.0314. The number of ketones is 1. The molecule has 0 unspecified atom stereocenters. The number of hydrogen-bond acceptors (Lipinski definition) is 2. The Kier molecular flexibility index (Phi) is 2.25. The largest absolute Gasteiger partial charge is 0.293 e. The lowest BCUT2D eigenvalue weighted by atomic mass is 10.1. The van der Waals surface area contributed by atoms with Crippen molar-refractivity contribution in [3.05, 3.63) is 29.1 Å². The molecule has 1 rings (SSSR count). The summed E-state index contributed by atoms with van der Waals surface area (Å²) >= 11 is 0. The Morgan fingerprint density at radius 3 is 2.75 bits per heavy atom. The normalized spacial score (nSPS) is 9.08. The van der Waals surface area contributed by atoms with Crippen LogP contribution in [0.5, 0.6) is 0 Å². The van der Waals surface area contributed by atoms with E-state index in [1.165, 1.54) is 13.1 Å². The van der Waals surface area contributed by atoms with E-state index in [1.807, 2.05) is 6.92 Å². The minimum atomic E-state index is -0.0314. The summed E-state index contributed by atoms with van der Waals surface area (Å²) < 4.78 is 0. The van der Waals surface area contributed by atoms with E-state index in [0.29, 0.717) is 11.3 Å². The first-order valence-corrected chi connectivity index (χ1v) is 3.59. The number of carbonyl (C=O) groups is 1. The molecule has 0 bridgehead atoms. The molecule has 2 heteroatoms. The van der Waals surface area contributed by atoms with Crippen molar-refractivity contribution in [1.82, 2.24) is 4.98 Å². The van der Waals surface area contributed by atoms with E-state index in [2.05, 4.69) is 10.9 Å². The van der Waals surface area contributed by atoms with Crippen LogP contribution in [0.4, 0.5) is 0 Å². The topological polar surface area (TPSA) is 30.0 Å². The van der Waals surface area contributed by atoms with Crippen LogP contribution >= 0.6 is 0 Å². The van der Waals surface area contributed by atoms with E-state index in [4.69, 9.17) is 6.42 Å². The molecule has 0 aromatic carbocycles. The van der Waals surface area contributed by atoms with Crippen molar-refractivity contribution in [2.24, 2.45) is 0 Å². The average molecular weight is 159 g/mol. The molecular formula is C10H9NO. The van der Waals surface area contributed by atoms with Crippen LogP contribution in [0.15, 0.2) is 12.3 Å². The van der Waals surface area contributed by atoms with Gasteiger partial charge in [0.25, 0.3) is 0 Å². The zero-order chi connectivity index (χ0) is 9.14. The highest BCUT2D eigenvalue weighted by molar-refractivity contribution is 5.93. The maximum atomic E-state index is 11.0. The van der Waals surface area contributed by atoms with Crippen molar-refractivity contribution < 1.29 is 4.79 Å². The van der Waals surface area contributed by atoms with Gasteiger partial charge in [0.05, 0.1) is 0 Å². The van der Waals surface area contributed by atoms with Crippen molar-refractivity contribution in [3.8, 4) is 12.3 Å². The average Bonchev–Trinajstić information content (AvgIpc) is 2.03. The number of carbonyl (C=O) groups excluding carboxylic acids is 1. The molecule has 0 aliphatic heterocycles. The Balaban J connectivity index is 3.23. The van der Waals surface area contributed by atoms with Crippen LogP contribution in [0, 0.1) is 19.3 Å². The van der Waals surface area contributed by atoms with Gasteiger partial charge in [0.2, 0.25) is 0 Å². The molecule has 1 heterocycles. The van der Waals surface area contributed by atoms with E-state index < -0.39 is 0 Å². The van der Waals surface area contributed by atoms with Gasteiger partial charge in [0.1, 0.15) is 5.69 Å². The minimum Gasteiger partial charge on any atom is -0.293 e. The molecule has 0 amide bonds. The van der Waals surface area contributed by atoms with E-state index >= 15 is 0 Å². The molecule has 2 nitrogen and oxygen atoms in total. The first-order valence-electron chi connectivity index (χ1n) is 3.59. The lowest BCUT2D eigenvalue weighted by Gasteiger charge is -1.99. The summed E-state index contributed by atoms with van der Waals surface area (Å²) in [5, 5.41) is 0. The SMILES string of the molecule is C#Cc1cnc(C(C)=O)c(C)c1. The number of rotatable bonds is 1. The van der Waals surface area contributed by atoms with Crippen LogP contribution in [0.3, 0.4) is 0 Å². The number of terminal acetylenes is 1. The number of pyridine rings is 1. The van der Waals surface area contributed by atoms with Gasteiger partial charge in [-0.3, -0.25) is 9.78 Å². The summed E-state index contributed by atoms with van der Waals surface area (Å²) in [6, 6.07) is 1.78. The van der Waals surface area contributed by atoms with Crippen molar-refractivity contribution in [1.29, 1.82) is 0 Å². The zero-order valence-electron chi connectivity index (χ0n) is 7.09. The highest BCUT2D eigenvalue weighted by atomic mass is 16.1. The van der Waals surface area contributed by atoms with E-state index in [9.17, 15) is 4.79 Å². The van der Waals surface area contributed by atoms with E-state index in [0.717, 1.165) is 5.56 Å². The molecule has 0 saturated heterocycles. The highest BCUT2D eigenvalue weighted by Gasteiger charge is 2.04. The fourth-order valence-electron chi connectivity index (χ4n) is 1.02. The summed E-state index contributed by atoms with van der Waals surface area (Å²) in [6.07, 6.45) is 6.70. The predicted octanol–water partition coefficient (Wildman–Crippen LogP) is 1.57. The Labute approximate surface area is 71.6 Å². The van der Waals surface area contributed by atoms with Gasteiger partial charge in [0, 0.05) is 18.7 Å². The number of aromatic nitrogens is 1. The van der Waals surface area contributed by atoms with Gasteiger partial charge in [-0.1, -0.05) is 5.92 Å². The Morgan fingerprint density at radius 2 is 2.33 bits per heavy atom. The third-order valence-corrected chi connectivity index (χ3v) is 1.58. The fraction of sp³-hybridized carbons (Fsp3) is 0.200. The molecule has 0 atom stereocenters. The standard InChI is InChI=1S/C10H9NO/c1-4-9-5-7(2)10(8(3)12)11-6-9/h1,5-6H,2-3H3. The molecular weight excluding hydrogens is 150 g/mol. The Hall–Kier alpha value is -1.62. The third-order valence-electron chi connectivity index (χ3n) is 1.58. The fourth-order valence-corrected chi connectivity index (χ4v) is 1.02. The van der Waals surface area contributed by atoms with E-state index in [1.54, 1.807) is 6.07 Å². The van der Waals surface area contributed by atoms with E-state index in [-0.39, 0.29) is 5.78 Å². The Morgan fingerprint density at radius 1 is 1.67 bits per heavy atom. The van der Waals surface area contributed by atoms with Crippen LogP contribution < -0.4 is 0 Å². The van der Waals surface area contributed by atoms with Crippen molar-refractivity contribution in [2.75, 3.05) is 0 Å². The van der Waals surface area contributed by atoms with Crippen molar-refractivity contribution in [3.63, 3.8) is 0 Å². The van der Waals surface area contributed by atoms with Crippen LogP contribution in [-0.2, 0) is 0 Å². The maximum absolute atomic E-state index is 11.0. The first-order chi connectivity index (χ1) is 5.65. The predicted molar refractivity (Wildman–Crippen MR) is 46.9 cm³/mol. The summed E-state index contributed by atoms with van der Waals surface area (Å²) in [6.45, 7) is 3.31. The van der Waals surface area contributed by atoms with Gasteiger partial charge in [0.15, 0.2) is 5.78 Å². The zero-order valence-corrected chi connectivity index (χ0v) is 7.09. The molecule has 0 aliphatic rings. The van der Waals surface area contributed by atoms with Crippen LogP contribution in [0.25, 0.3) is 0 Å². The molecule has 0 saturated carbocycles. The molecule has 0 fully saturated rings. The molecule has 0 radical (unpaired) electrons. The van der Waals surface area contributed by atoms with Crippen LogP contribution in [0.1, 0.15) is 28.5 Å². The third kappa shape index (κ3) is 1.51. The molecule has 60 valence electrons. The van der Waals surface area contributed by atoms with Gasteiger partial charge >= 0.3 is 0 Å². The smallest absolute Gasteiger partial charge is 0.178 e. The van der Waals surface area contributed by atoms with Gasteiger partial charge in [-0.25, -0.2) is 0 Å². The number of nitrogens with zero attached hydrogens (tertiary/aromatic N) is 1. The first kappa shape index (κ1) is 8.48. The molecule has 0 spiro atoms. The van der Waals surface area contributed by atoms with Crippen molar-refractivity contribution in [2.45, 2.75) is 13.8 Å². The monoisotopic (exact) mass is 159 g/mol. The summed E-state index contributed by atoms with van der Waals surface area (Å²) in [5.41, 5.74) is 2.03. The number of hydrogen-bond donors (Lipinski definition) is 0. The lowest BCUT2D eigenvalue weighted by Crippen LogP contribution is -2.00. The number of aryl methyl sites for hydroxylation is 1. The van der Waals surface area contributed by atoms with Crippen LogP contribution in [0.2, 0.25) is 0 Å². The second-order valence-electron chi connectivity index (χ2n) is 2.59. The van der Waals surface area contributed by atoms with Gasteiger partial charge in [-0.15, -0.1) is 6.42 Å². The van der Waals surface area contributed by atoms with Crippen molar-refractivity contribution >= 4 is 5.78 Å². The molecule has 0 N–H and O–H groups in total. The Bertz CT molecular complexity index is 361. The molecule has 1 aromatic heterocycles. The molecule has 1 aromatic rings.